The number of hydrogen-bond acceptors (Lipinski definition) is 4. The summed E-state index contributed by atoms with van der Waals surface area (Å²) in [4.78, 5) is 4.27. The number of nitrogens with one attached hydrogen (secondary N) is 1. The maximum atomic E-state index is 11.2. The second kappa shape index (κ2) is 4.20. The first kappa shape index (κ1) is 12.2. The van der Waals surface area contributed by atoms with Crippen molar-refractivity contribution in [1.82, 2.24) is 4.72 Å². The van der Waals surface area contributed by atoms with Crippen LogP contribution in [-0.2, 0) is 11.4 Å². The highest BCUT2D eigenvalue weighted by Crippen LogP contribution is 2.50. The third-order valence-electron chi connectivity index (χ3n) is 3.77. The molecule has 2 rings (SSSR count). The topological polar surface area (TPSA) is 73.5 Å². The van der Waals surface area contributed by atoms with Crippen molar-refractivity contribution in [2.75, 3.05) is 12.4 Å². The van der Waals surface area contributed by atoms with Gasteiger partial charge in [0.25, 0.3) is 0 Å². The average Bonchev–Trinajstić information content (AvgIpc) is 2.72. The lowest BCUT2D eigenvalue weighted by molar-refractivity contribution is 0.270. The third-order valence-corrected chi connectivity index (χ3v) is 4.59. The minimum absolute atomic E-state index is 0.171. The first-order valence-corrected chi connectivity index (χ1v) is 7.15. The van der Waals surface area contributed by atoms with Gasteiger partial charge in [-0.05, 0) is 36.6 Å². The molecule has 16 heavy (non-hydrogen) atoms. The van der Waals surface area contributed by atoms with Crippen molar-refractivity contribution in [2.45, 2.75) is 39.5 Å². The van der Waals surface area contributed by atoms with E-state index in [1.807, 2.05) is 0 Å². The van der Waals surface area contributed by atoms with Crippen molar-refractivity contribution >= 4 is 17.2 Å². The molecule has 0 aromatic heterocycles. The lowest BCUT2D eigenvalue weighted by Gasteiger charge is -2.29. The van der Waals surface area contributed by atoms with E-state index in [-0.39, 0.29) is 5.41 Å². The fraction of sp³-hybridized carbons (Fsp3) is 0.909. The van der Waals surface area contributed by atoms with Gasteiger partial charge in [0.2, 0.25) is 5.88 Å². The van der Waals surface area contributed by atoms with E-state index < -0.39 is 11.4 Å². The van der Waals surface area contributed by atoms with Crippen molar-refractivity contribution in [3.05, 3.63) is 0 Å². The molecular formula is C11H21N3OS. The maximum absolute atomic E-state index is 11.2. The molecular weight excluding hydrogens is 222 g/mol. The zero-order valence-corrected chi connectivity index (χ0v) is 10.9. The molecule has 1 aliphatic heterocycles. The fourth-order valence-electron chi connectivity index (χ4n) is 2.97. The molecule has 0 saturated heterocycles. The predicted molar refractivity (Wildman–Crippen MR) is 67.3 cm³/mol. The molecule has 0 aromatic carbocycles. The SMILES string of the molecule is CC1(C)CC[C@](CN)(CC2=NC[S+]([O-])N2)C1. The summed E-state index contributed by atoms with van der Waals surface area (Å²) in [5.74, 6) is 1.29. The van der Waals surface area contributed by atoms with Gasteiger partial charge in [-0.3, -0.25) is 0 Å². The Labute approximate surface area is 100 Å². The fourth-order valence-corrected chi connectivity index (χ4v) is 3.71. The van der Waals surface area contributed by atoms with E-state index in [0.29, 0.717) is 17.8 Å². The van der Waals surface area contributed by atoms with Gasteiger partial charge in [-0.25, -0.2) is 4.99 Å². The van der Waals surface area contributed by atoms with Crippen LogP contribution in [0.25, 0.3) is 0 Å². The monoisotopic (exact) mass is 243 g/mol. The molecule has 1 saturated carbocycles. The Morgan fingerprint density at radius 2 is 2.25 bits per heavy atom. The minimum atomic E-state index is -0.987. The smallest absolute Gasteiger partial charge is 0.222 e. The van der Waals surface area contributed by atoms with Crippen LogP contribution in [0.4, 0.5) is 0 Å². The van der Waals surface area contributed by atoms with E-state index in [4.69, 9.17) is 5.73 Å². The van der Waals surface area contributed by atoms with Gasteiger partial charge in [-0.15, -0.1) is 0 Å². The van der Waals surface area contributed by atoms with Gasteiger partial charge in [0.1, 0.15) is 5.84 Å². The quantitative estimate of drug-likeness (QED) is 0.730. The molecule has 1 aliphatic carbocycles. The highest BCUT2D eigenvalue weighted by molar-refractivity contribution is 7.90. The molecule has 0 bridgehead atoms. The van der Waals surface area contributed by atoms with E-state index in [9.17, 15) is 4.55 Å². The van der Waals surface area contributed by atoms with Gasteiger partial charge in [0, 0.05) is 6.42 Å². The van der Waals surface area contributed by atoms with Gasteiger partial charge in [-0.1, -0.05) is 13.8 Å². The molecule has 0 radical (unpaired) electrons. The van der Waals surface area contributed by atoms with E-state index in [1.165, 1.54) is 6.42 Å². The Morgan fingerprint density at radius 3 is 2.69 bits per heavy atom. The lowest BCUT2D eigenvalue weighted by Crippen LogP contribution is -2.35. The average molecular weight is 243 g/mol. The standard InChI is InChI=1S/C11H21N3OS/c1-10(2)3-4-11(6-10,7-12)5-9-13-8-16(15)14-9/h3-8,12H2,1-2H3,(H,13,14)/t11-,16?/m0/s1. The Balaban J connectivity index is 2.01. The summed E-state index contributed by atoms with van der Waals surface area (Å²) >= 11 is -0.987. The highest BCUT2D eigenvalue weighted by Gasteiger charge is 2.43. The summed E-state index contributed by atoms with van der Waals surface area (Å²) in [6, 6.07) is 0. The van der Waals surface area contributed by atoms with Gasteiger partial charge in [0.05, 0.1) is 11.4 Å². The summed E-state index contributed by atoms with van der Waals surface area (Å²) in [5.41, 5.74) is 6.50. The third kappa shape index (κ3) is 2.52. The van der Waals surface area contributed by atoms with Crippen molar-refractivity contribution in [3.63, 3.8) is 0 Å². The Hall–Kier alpha value is -0.260. The van der Waals surface area contributed by atoms with E-state index >= 15 is 0 Å². The van der Waals surface area contributed by atoms with Crippen LogP contribution in [0.1, 0.15) is 39.5 Å². The summed E-state index contributed by atoms with van der Waals surface area (Å²) in [5, 5.41) is 0. The van der Waals surface area contributed by atoms with Crippen molar-refractivity contribution in [1.29, 1.82) is 0 Å². The van der Waals surface area contributed by atoms with Gasteiger partial charge in [-0.2, -0.15) is 4.72 Å². The van der Waals surface area contributed by atoms with Crippen molar-refractivity contribution in [2.24, 2.45) is 21.6 Å². The number of nitrogens with zero attached hydrogens (tertiary/aromatic N) is 1. The van der Waals surface area contributed by atoms with Crippen LogP contribution in [0.5, 0.6) is 0 Å². The number of aliphatic imine (C=N–C) groups is 1. The molecule has 5 heteroatoms. The number of hydrogen-bond donors (Lipinski definition) is 2. The Bertz CT molecular complexity index is 306. The van der Waals surface area contributed by atoms with Crippen LogP contribution in [0, 0.1) is 10.8 Å². The summed E-state index contributed by atoms with van der Waals surface area (Å²) in [6.45, 7) is 5.29. The zero-order chi connectivity index (χ0) is 11.8. The van der Waals surface area contributed by atoms with Crippen molar-refractivity contribution in [3.8, 4) is 0 Å². The molecule has 92 valence electrons. The molecule has 1 heterocycles. The van der Waals surface area contributed by atoms with Crippen LogP contribution in [0.3, 0.4) is 0 Å². The molecule has 2 atom stereocenters. The first-order chi connectivity index (χ1) is 7.45. The van der Waals surface area contributed by atoms with Crippen molar-refractivity contribution < 1.29 is 4.55 Å². The van der Waals surface area contributed by atoms with Crippen LogP contribution in [0.2, 0.25) is 0 Å². The maximum Gasteiger partial charge on any atom is 0.222 e. The molecule has 1 unspecified atom stereocenters. The van der Waals surface area contributed by atoms with E-state index in [1.54, 1.807) is 0 Å². The largest absolute Gasteiger partial charge is 0.591 e. The number of amidine groups is 1. The molecule has 1 fully saturated rings. The highest BCUT2D eigenvalue weighted by atomic mass is 32.2. The summed E-state index contributed by atoms with van der Waals surface area (Å²) in [6.07, 6.45) is 4.38. The number of rotatable bonds is 3. The summed E-state index contributed by atoms with van der Waals surface area (Å²) < 4.78 is 14.1. The molecule has 2 aliphatic rings. The first-order valence-electron chi connectivity index (χ1n) is 5.83. The molecule has 4 nitrogen and oxygen atoms in total. The normalized spacial score (nSPS) is 37.2. The summed E-state index contributed by atoms with van der Waals surface area (Å²) in [7, 11) is 0. The molecule has 0 spiro atoms. The molecule has 0 aromatic rings. The van der Waals surface area contributed by atoms with Crippen LogP contribution in [0.15, 0.2) is 4.99 Å². The lowest BCUT2D eigenvalue weighted by atomic mass is 9.79. The number of nitrogens with two attached hydrogens (primary N) is 1. The van der Waals surface area contributed by atoms with Gasteiger partial charge >= 0.3 is 0 Å². The molecule has 0 amide bonds. The second-order valence-electron chi connectivity index (χ2n) is 5.90. The Kier molecular flexibility index (Phi) is 3.20. The Morgan fingerprint density at radius 1 is 1.50 bits per heavy atom. The minimum Gasteiger partial charge on any atom is -0.591 e. The van der Waals surface area contributed by atoms with Crippen LogP contribution in [-0.4, -0.2) is 22.8 Å². The van der Waals surface area contributed by atoms with Crippen LogP contribution >= 0.6 is 0 Å². The van der Waals surface area contributed by atoms with E-state index in [2.05, 4.69) is 23.6 Å². The molecule has 3 N–H and O–H groups in total. The van der Waals surface area contributed by atoms with Gasteiger partial charge < -0.3 is 10.3 Å². The van der Waals surface area contributed by atoms with E-state index in [0.717, 1.165) is 25.1 Å². The van der Waals surface area contributed by atoms with Gasteiger partial charge in [0.15, 0.2) is 0 Å². The zero-order valence-electron chi connectivity index (χ0n) is 10.1. The predicted octanol–water partition coefficient (Wildman–Crippen LogP) is 1.15. The second-order valence-corrected chi connectivity index (χ2v) is 7.06. The van der Waals surface area contributed by atoms with Crippen LogP contribution < -0.4 is 10.5 Å².